The van der Waals surface area contributed by atoms with Gasteiger partial charge >= 0.3 is 11.9 Å². The number of unbranched alkanes of at least 4 members (excludes halogenated alkanes) is 45. The molecule has 0 amide bonds. The second kappa shape index (κ2) is 58.2. The molecule has 0 spiro atoms. The Morgan fingerprint density at radius 3 is 0.987 bits per heavy atom. The maximum atomic E-state index is 12.9. The highest BCUT2D eigenvalue weighted by Gasteiger charge is 2.22. The van der Waals surface area contributed by atoms with Gasteiger partial charge in [0.05, 0.1) is 40.3 Å². The Balaban J connectivity index is 4.07. The summed E-state index contributed by atoms with van der Waals surface area (Å²) in [6.07, 6.45) is 65.7. The predicted octanol–water partition coefficient (Wildman–Crippen LogP) is 18.4. The van der Waals surface area contributed by atoms with Crippen LogP contribution < -0.4 is 5.11 Å². The summed E-state index contributed by atoms with van der Waals surface area (Å²) in [7, 11) is 5.94. The molecule has 0 N–H and O–H groups in total. The zero-order chi connectivity index (χ0) is 54.8. The average molecular weight is 1060 g/mol. The first kappa shape index (κ1) is 73.0. The van der Waals surface area contributed by atoms with E-state index >= 15 is 0 Å². The van der Waals surface area contributed by atoms with Crippen molar-refractivity contribution in [2.45, 2.75) is 347 Å². The first-order valence-electron chi connectivity index (χ1n) is 32.8. The minimum atomic E-state index is -1.62. The SMILES string of the molecule is CCCCCCCCCC/C=C\CCCCCCCCCCCCCCCCCCCCCC(=O)OC(COC(=O)CCCCCCCCCCCCCCCCCCCCC)COC(OCC[N+](C)(C)C)C(=O)[O-]. The van der Waals surface area contributed by atoms with Gasteiger partial charge < -0.3 is 33.3 Å². The van der Waals surface area contributed by atoms with Crippen molar-refractivity contribution >= 4 is 17.9 Å². The van der Waals surface area contributed by atoms with Crippen molar-refractivity contribution < 1.29 is 42.9 Å². The number of allylic oxidation sites excluding steroid dienone is 2. The van der Waals surface area contributed by atoms with E-state index in [1.165, 1.54) is 270 Å². The Morgan fingerprint density at radius 1 is 0.387 bits per heavy atom. The van der Waals surface area contributed by atoms with E-state index in [0.717, 1.165) is 38.5 Å². The number of nitrogens with zero attached hydrogens (tertiary/aromatic N) is 1. The van der Waals surface area contributed by atoms with Crippen LogP contribution in [-0.4, -0.2) is 82.3 Å². The van der Waals surface area contributed by atoms with Crippen LogP contribution >= 0.6 is 0 Å². The fourth-order valence-electron chi connectivity index (χ4n) is 9.95. The van der Waals surface area contributed by atoms with Crippen molar-refractivity contribution in [3.8, 4) is 0 Å². The molecule has 0 aromatic rings. The number of hydrogen-bond acceptors (Lipinski definition) is 8. The largest absolute Gasteiger partial charge is 0.545 e. The van der Waals surface area contributed by atoms with E-state index in [1.807, 2.05) is 21.1 Å². The highest BCUT2D eigenvalue weighted by Crippen LogP contribution is 2.18. The van der Waals surface area contributed by atoms with Crippen LogP contribution in [0.1, 0.15) is 335 Å². The minimum absolute atomic E-state index is 0.152. The van der Waals surface area contributed by atoms with Gasteiger partial charge in [-0.3, -0.25) is 9.59 Å². The normalized spacial score (nSPS) is 12.7. The van der Waals surface area contributed by atoms with E-state index in [2.05, 4.69) is 26.0 Å². The second-order valence-electron chi connectivity index (χ2n) is 23.8. The van der Waals surface area contributed by atoms with Gasteiger partial charge in [-0.15, -0.1) is 0 Å². The highest BCUT2D eigenvalue weighted by atomic mass is 16.7. The van der Waals surface area contributed by atoms with Crippen LogP contribution in [0.25, 0.3) is 0 Å². The summed E-state index contributed by atoms with van der Waals surface area (Å²) < 4.78 is 22.8. The van der Waals surface area contributed by atoms with Crippen LogP contribution in [-0.2, 0) is 33.3 Å². The Bertz CT molecular complexity index is 1240. The maximum absolute atomic E-state index is 12.9. The molecule has 0 rings (SSSR count). The van der Waals surface area contributed by atoms with Crippen LogP contribution in [0.2, 0.25) is 0 Å². The summed E-state index contributed by atoms with van der Waals surface area (Å²) in [5.41, 5.74) is 0. The van der Waals surface area contributed by atoms with Crippen LogP contribution in [0.5, 0.6) is 0 Å². The number of aliphatic carboxylic acids is 1. The standard InChI is InChI=1S/C66H127NO8/c1-6-8-10-12-14-16-18-20-22-24-26-27-28-29-30-31-32-33-34-35-36-37-39-41-43-45-47-49-51-53-55-57-64(69)75-62(61-74-66(65(70)71)72-59-58-67(3,4)5)60-73-63(68)56-54-52-50-48-46-44-42-40-38-25-23-21-19-17-15-13-11-9-7-2/h24,26,62,66H,6-23,25,27-61H2,1-5H3/b26-24-. The second-order valence-corrected chi connectivity index (χ2v) is 23.8. The zero-order valence-corrected chi connectivity index (χ0v) is 50.7. The van der Waals surface area contributed by atoms with Gasteiger partial charge in [-0.1, -0.05) is 296 Å². The third-order valence-corrected chi connectivity index (χ3v) is 15.0. The third kappa shape index (κ3) is 59.5. The van der Waals surface area contributed by atoms with Gasteiger partial charge in [0, 0.05) is 12.8 Å². The molecule has 0 aromatic heterocycles. The van der Waals surface area contributed by atoms with Crippen molar-refractivity contribution in [3.05, 3.63) is 12.2 Å². The highest BCUT2D eigenvalue weighted by molar-refractivity contribution is 5.70. The van der Waals surface area contributed by atoms with Crippen molar-refractivity contribution in [3.63, 3.8) is 0 Å². The topological polar surface area (TPSA) is 111 Å². The smallest absolute Gasteiger partial charge is 0.306 e. The van der Waals surface area contributed by atoms with Gasteiger partial charge in [-0.05, 0) is 38.5 Å². The lowest BCUT2D eigenvalue weighted by atomic mass is 10.0. The van der Waals surface area contributed by atoms with Crippen molar-refractivity contribution in [2.24, 2.45) is 0 Å². The maximum Gasteiger partial charge on any atom is 0.306 e. The van der Waals surface area contributed by atoms with Gasteiger partial charge in [0.25, 0.3) is 0 Å². The Kier molecular flexibility index (Phi) is 56.7. The average Bonchev–Trinajstić information content (AvgIpc) is 3.38. The molecule has 0 aliphatic heterocycles. The van der Waals surface area contributed by atoms with Gasteiger partial charge in [0.1, 0.15) is 13.2 Å². The zero-order valence-electron chi connectivity index (χ0n) is 50.7. The van der Waals surface area contributed by atoms with Crippen LogP contribution in [0.15, 0.2) is 12.2 Å². The van der Waals surface area contributed by atoms with E-state index in [-0.39, 0.29) is 32.2 Å². The monoisotopic (exact) mass is 1060 g/mol. The Morgan fingerprint density at radius 2 is 0.680 bits per heavy atom. The summed E-state index contributed by atoms with van der Waals surface area (Å²) in [6, 6.07) is 0. The Labute approximate surface area is 465 Å². The van der Waals surface area contributed by atoms with E-state index < -0.39 is 24.3 Å². The number of rotatable bonds is 62. The van der Waals surface area contributed by atoms with Crippen molar-refractivity contribution in [1.29, 1.82) is 0 Å². The van der Waals surface area contributed by atoms with E-state index in [0.29, 0.717) is 17.4 Å². The molecule has 9 nitrogen and oxygen atoms in total. The number of likely N-dealkylation sites (N-methyl/N-ethyl adjacent to an activating group) is 1. The molecule has 9 heteroatoms. The number of ether oxygens (including phenoxy) is 4. The third-order valence-electron chi connectivity index (χ3n) is 15.0. The summed E-state index contributed by atoms with van der Waals surface area (Å²) in [5.74, 6) is -2.25. The molecule has 0 heterocycles. The number of quaternary nitrogens is 1. The lowest BCUT2D eigenvalue weighted by Gasteiger charge is -2.26. The lowest BCUT2D eigenvalue weighted by Crippen LogP contribution is -2.44. The summed E-state index contributed by atoms with van der Waals surface area (Å²) >= 11 is 0. The van der Waals surface area contributed by atoms with Gasteiger partial charge in [0.2, 0.25) is 0 Å². The van der Waals surface area contributed by atoms with E-state index in [9.17, 15) is 19.5 Å². The number of esters is 2. The molecule has 2 unspecified atom stereocenters. The minimum Gasteiger partial charge on any atom is -0.545 e. The van der Waals surface area contributed by atoms with Crippen LogP contribution in [0.4, 0.5) is 0 Å². The fraction of sp³-hybridized carbons (Fsp3) is 0.924. The number of carboxylic acids is 1. The van der Waals surface area contributed by atoms with E-state index in [4.69, 9.17) is 18.9 Å². The van der Waals surface area contributed by atoms with Crippen molar-refractivity contribution in [1.82, 2.24) is 0 Å². The number of carbonyl (C=O) groups is 3. The van der Waals surface area contributed by atoms with Crippen LogP contribution in [0.3, 0.4) is 0 Å². The van der Waals surface area contributed by atoms with E-state index in [1.54, 1.807) is 0 Å². The molecular formula is C66H127NO8. The molecule has 0 aliphatic carbocycles. The molecule has 0 saturated heterocycles. The molecule has 0 saturated carbocycles. The molecule has 2 atom stereocenters. The quantitative estimate of drug-likeness (QED) is 0.0195. The first-order valence-corrected chi connectivity index (χ1v) is 32.8. The summed E-state index contributed by atoms with van der Waals surface area (Å²) in [4.78, 5) is 37.4. The van der Waals surface area contributed by atoms with Gasteiger partial charge in [-0.2, -0.15) is 0 Å². The molecule has 0 radical (unpaired) electrons. The van der Waals surface area contributed by atoms with Crippen LogP contribution in [0, 0.1) is 0 Å². The molecule has 0 bridgehead atoms. The molecular weight excluding hydrogens is 935 g/mol. The van der Waals surface area contributed by atoms with Gasteiger partial charge in [-0.25, -0.2) is 0 Å². The molecule has 75 heavy (non-hydrogen) atoms. The molecule has 0 fully saturated rings. The number of hydrogen-bond donors (Lipinski definition) is 0. The molecule has 0 aliphatic rings. The summed E-state index contributed by atoms with van der Waals surface area (Å²) in [5, 5.41) is 11.8. The fourth-order valence-corrected chi connectivity index (χ4v) is 9.95. The van der Waals surface area contributed by atoms with Gasteiger partial charge in [0.15, 0.2) is 12.4 Å². The number of carbonyl (C=O) groups excluding carboxylic acids is 3. The lowest BCUT2D eigenvalue weighted by molar-refractivity contribution is -0.870. The first-order chi connectivity index (χ1) is 36.6. The Hall–Kier alpha value is -1.97. The predicted molar refractivity (Wildman–Crippen MR) is 316 cm³/mol. The number of carboxylic acid groups (broad SMARTS) is 1. The van der Waals surface area contributed by atoms with Crippen molar-refractivity contribution in [2.75, 3.05) is 47.5 Å². The molecule has 0 aromatic carbocycles. The summed E-state index contributed by atoms with van der Waals surface area (Å²) in [6.45, 7) is 4.82. The molecule has 444 valence electrons.